The lowest BCUT2D eigenvalue weighted by molar-refractivity contribution is 0.137. The van der Waals surface area contributed by atoms with Gasteiger partial charge in [-0.1, -0.05) is 26.0 Å². The Morgan fingerprint density at radius 2 is 1.97 bits per heavy atom. The van der Waals surface area contributed by atoms with E-state index >= 15 is 0 Å². The summed E-state index contributed by atoms with van der Waals surface area (Å²) in [5.41, 5.74) is 4.68. The van der Waals surface area contributed by atoms with Gasteiger partial charge in [0.25, 0.3) is 0 Å². The maximum atomic E-state index is 13.7. The lowest BCUT2D eigenvalue weighted by Crippen LogP contribution is -2.22. The van der Waals surface area contributed by atoms with Crippen LogP contribution in [0.5, 0.6) is 0 Å². The highest BCUT2D eigenvalue weighted by molar-refractivity contribution is 5.97. The summed E-state index contributed by atoms with van der Waals surface area (Å²) in [6.07, 6.45) is 4.22. The molecule has 5 rings (SSSR count). The molecule has 9 heteroatoms. The number of aliphatic hydroxyl groups excluding tert-OH is 1. The van der Waals surface area contributed by atoms with E-state index in [1.54, 1.807) is 12.4 Å². The second-order valence-corrected chi connectivity index (χ2v) is 9.59. The molecule has 7 nitrogen and oxygen atoms in total. The number of rotatable bonds is 8. The van der Waals surface area contributed by atoms with Crippen molar-refractivity contribution in [3.8, 4) is 0 Å². The maximum absolute atomic E-state index is 13.7. The summed E-state index contributed by atoms with van der Waals surface area (Å²) in [7, 11) is 0. The number of aliphatic imine (C=N–C) groups is 1. The van der Waals surface area contributed by atoms with Crippen molar-refractivity contribution in [2.75, 3.05) is 6.54 Å². The average Bonchev–Trinajstić information content (AvgIpc) is 3.46. The zero-order chi connectivity index (χ0) is 26.1. The van der Waals surface area contributed by atoms with E-state index in [0.29, 0.717) is 35.8 Å². The first-order chi connectivity index (χ1) is 17.8. The molecule has 1 aromatic carbocycles. The van der Waals surface area contributed by atoms with E-state index in [1.165, 1.54) is 6.07 Å². The lowest BCUT2D eigenvalue weighted by atomic mass is 10.0. The summed E-state index contributed by atoms with van der Waals surface area (Å²) in [6.45, 7) is 7.38. The van der Waals surface area contributed by atoms with Crippen LogP contribution in [0.2, 0.25) is 0 Å². The fraction of sp³-hybridized carbons (Fsp3) is 0.321. The van der Waals surface area contributed by atoms with Crippen LogP contribution >= 0.6 is 0 Å². The van der Waals surface area contributed by atoms with E-state index in [9.17, 15) is 13.9 Å². The number of fused-ring (bicyclic) bond motifs is 1. The van der Waals surface area contributed by atoms with Gasteiger partial charge in [-0.3, -0.25) is 15.3 Å². The SMILES string of the molecule is CC1CN=C(c2cc3c(cn2)c(C(O)NCc2ccc(F)c(F)c2)c(C(C)C)n3Cc2cccnc2)O1. The molecule has 1 aliphatic rings. The second kappa shape index (κ2) is 10.4. The number of hydrogen-bond donors (Lipinski definition) is 2. The van der Waals surface area contributed by atoms with Gasteiger partial charge in [0, 0.05) is 48.3 Å². The predicted molar refractivity (Wildman–Crippen MR) is 137 cm³/mol. The number of halogens is 2. The van der Waals surface area contributed by atoms with Crippen LogP contribution in [0.15, 0.2) is 60.0 Å². The van der Waals surface area contributed by atoms with Crippen molar-refractivity contribution < 1.29 is 18.6 Å². The van der Waals surface area contributed by atoms with Crippen molar-refractivity contribution in [3.05, 3.63) is 94.7 Å². The summed E-state index contributed by atoms with van der Waals surface area (Å²) in [5, 5.41) is 15.2. The van der Waals surface area contributed by atoms with Crippen LogP contribution in [-0.4, -0.2) is 38.2 Å². The van der Waals surface area contributed by atoms with Gasteiger partial charge in [0.15, 0.2) is 11.6 Å². The summed E-state index contributed by atoms with van der Waals surface area (Å²) in [6, 6.07) is 9.54. The molecule has 0 fully saturated rings. The minimum atomic E-state index is -1.07. The fourth-order valence-electron chi connectivity index (χ4n) is 4.74. The minimum absolute atomic E-state index is 0.00113. The van der Waals surface area contributed by atoms with Crippen molar-refractivity contribution in [2.45, 2.75) is 52.1 Å². The first-order valence-electron chi connectivity index (χ1n) is 12.3. The number of ether oxygens (including phenoxy) is 1. The van der Waals surface area contributed by atoms with E-state index in [2.05, 4.69) is 38.7 Å². The largest absolute Gasteiger partial charge is 0.471 e. The van der Waals surface area contributed by atoms with Gasteiger partial charge in [0.1, 0.15) is 18.0 Å². The van der Waals surface area contributed by atoms with E-state index < -0.39 is 17.9 Å². The third-order valence-electron chi connectivity index (χ3n) is 6.42. The van der Waals surface area contributed by atoms with Gasteiger partial charge < -0.3 is 14.4 Å². The van der Waals surface area contributed by atoms with E-state index in [1.807, 2.05) is 31.3 Å². The van der Waals surface area contributed by atoms with E-state index in [4.69, 9.17) is 4.74 Å². The van der Waals surface area contributed by atoms with Crippen LogP contribution in [0.3, 0.4) is 0 Å². The van der Waals surface area contributed by atoms with E-state index in [-0.39, 0.29) is 18.6 Å². The molecule has 0 aliphatic carbocycles. The molecule has 0 radical (unpaired) electrons. The number of aliphatic hydroxyl groups is 1. The number of nitrogens with one attached hydrogen (secondary N) is 1. The Kier molecular flexibility index (Phi) is 6.99. The van der Waals surface area contributed by atoms with Crippen molar-refractivity contribution in [1.29, 1.82) is 0 Å². The topological polar surface area (TPSA) is 84.6 Å². The Hall–Kier alpha value is -3.69. The summed E-state index contributed by atoms with van der Waals surface area (Å²) >= 11 is 0. The highest BCUT2D eigenvalue weighted by Crippen LogP contribution is 2.36. The van der Waals surface area contributed by atoms with Gasteiger partial charge >= 0.3 is 0 Å². The van der Waals surface area contributed by atoms with Gasteiger partial charge in [0.2, 0.25) is 5.90 Å². The number of hydrogen-bond acceptors (Lipinski definition) is 6. The monoisotopic (exact) mass is 505 g/mol. The minimum Gasteiger partial charge on any atom is -0.471 e. The molecule has 0 saturated carbocycles. The standard InChI is InChI=1S/C28H29F2N5O2/c1-16(2)26-25(27(36)33-13-18-6-7-21(29)22(30)9-18)20-14-32-23(28-34-11-17(3)37-28)10-24(20)35(26)15-19-5-4-8-31-12-19/h4-10,12,14,16-17,27,33,36H,11,13,15H2,1-3H3. The molecule has 1 aliphatic heterocycles. The molecule has 2 N–H and O–H groups in total. The Morgan fingerprint density at radius 3 is 2.65 bits per heavy atom. The third kappa shape index (κ3) is 5.10. The van der Waals surface area contributed by atoms with Crippen LogP contribution < -0.4 is 5.32 Å². The molecule has 4 aromatic rings. The Morgan fingerprint density at radius 1 is 1.14 bits per heavy atom. The molecule has 0 saturated heterocycles. The first-order valence-corrected chi connectivity index (χ1v) is 12.3. The highest BCUT2D eigenvalue weighted by atomic mass is 19.2. The zero-order valence-corrected chi connectivity index (χ0v) is 20.9. The first kappa shape index (κ1) is 25.0. The summed E-state index contributed by atoms with van der Waals surface area (Å²) in [5.74, 6) is -1.26. The molecular weight excluding hydrogens is 476 g/mol. The van der Waals surface area contributed by atoms with Crippen molar-refractivity contribution in [3.63, 3.8) is 0 Å². The molecule has 3 aromatic heterocycles. The molecule has 192 valence electrons. The van der Waals surface area contributed by atoms with Crippen molar-refractivity contribution >= 4 is 16.8 Å². The van der Waals surface area contributed by atoms with Gasteiger partial charge in [-0.15, -0.1) is 0 Å². The molecule has 2 unspecified atom stereocenters. The third-order valence-corrected chi connectivity index (χ3v) is 6.42. The predicted octanol–water partition coefficient (Wildman–Crippen LogP) is 4.83. The van der Waals surface area contributed by atoms with Crippen molar-refractivity contribution in [2.24, 2.45) is 4.99 Å². The average molecular weight is 506 g/mol. The van der Waals surface area contributed by atoms with Gasteiger partial charge in [-0.25, -0.2) is 13.8 Å². The molecule has 37 heavy (non-hydrogen) atoms. The van der Waals surface area contributed by atoms with Gasteiger partial charge in [-0.05, 0) is 48.2 Å². The van der Waals surface area contributed by atoms with Gasteiger partial charge in [0.05, 0.1) is 12.1 Å². The smallest absolute Gasteiger partial charge is 0.235 e. The van der Waals surface area contributed by atoms with Crippen LogP contribution in [0.1, 0.15) is 61.0 Å². The number of aromatic nitrogens is 3. The summed E-state index contributed by atoms with van der Waals surface area (Å²) < 4.78 is 35.1. The molecule has 0 amide bonds. The van der Waals surface area contributed by atoms with Crippen LogP contribution in [-0.2, 0) is 17.8 Å². The molecule has 4 heterocycles. The van der Waals surface area contributed by atoms with Crippen LogP contribution in [0.25, 0.3) is 10.9 Å². The van der Waals surface area contributed by atoms with Crippen LogP contribution in [0.4, 0.5) is 8.78 Å². The number of pyridine rings is 2. The molecular formula is C28H29F2N5O2. The number of nitrogens with zero attached hydrogens (tertiary/aromatic N) is 4. The molecule has 2 atom stereocenters. The number of benzene rings is 1. The lowest BCUT2D eigenvalue weighted by Gasteiger charge is -2.19. The Balaban J connectivity index is 1.58. The highest BCUT2D eigenvalue weighted by Gasteiger charge is 2.27. The maximum Gasteiger partial charge on any atom is 0.235 e. The van der Waals surface area contributed by atoms with Crippen molar-refractivity contribution in [1.82, 2.24) is 19.9 Å². The molecule has 0 spiro atoms. The Labute approximate surface area is 213 Å². The molecule has 0 bridgehead atoms. The zero-order valence-electron chi connectivity index (χ0n) is 20.9. The van der Waals surface area contributed by atoms with Gasteiger partial charge in [-0.2, -0.15) is 0 Å². The second-order valence-electron chi connectivity index (χ2n) is 9.59. The Bertz CT molecular complexity index is 1450. The quantitative estimate of drug-likeness (QED) is 0.335. The summed E-state index contributed by atoms with van der Waals surface area (Å²) in [4.78, 5) is 13.4. The normalized spacial score (nSPS) is 16.3. The fourth-order valence-corrected chi connectivity index (χ4v) is 4.74. The van der Waals surface area contributed by atoms with E-state index in [0.717, 1.165) is 34.3 Å². The van der Waals surface area contributed by atoms with Crippen LogP contribution in [0, 0.1) is 11.6 Å².